The molecule has 35 heavy (non-hydrogen) atoms. The third-order valence-corrected chi connectivity index (χ3v) is 6.33. The first-order valence-corrected chi connectivity index (χ1v) is 11.1. The number of carbonyl (C=O) groups excluding carboxylic acids is 2. The van der Waals surface area contributed by atoms with Gasteiger partial charge in [-0.15, -0.1) is 0 Å². The van der Waals surface area contributed by atoms with E-state index in [0.717, 1.165) is 10.9 Å². The standard InChI is InChI=1S/C28H19NO6/c1-33-17-8-7-16-12-20(28(32)29-21(16)13-17)19-14-24(30)34-22-10-9-18-26(31)23(35-27(18)25(19)22)11-15-5-3-2-4-6-15/h2-13,19H,14H2,1H3,(H,29,32)/b23-11+/t19-/m1/s1. The number of hydrogen-bond donors (Lipinski definition) is 1. The van der Waals surface area contributed by atoms with E-state index in [1.165, 1.54) is 0 Å². The summed E-state index contributed by atoms with van der Waals surface area (Å²) in [7, 11) is 1.56. The van der Waals surface area contributed by atoms with Gasteiger partial charge < -0.3 is 19.2 Å². The molecule has 3 aromatic carbocycles. The van der Waals surface area contributed by atoms with Gasteiger partial charge in [0.05, 0.1) is 24.6 Å². The number of methoxy groups -OCH3 is 1. The molecule has 0 bridgehead atoms. The van der Waals surface area contributed by atoms with Crippen LogP contribution in [0.2, 0.25) is 0 Å². The van der Waals surface area contributed by atoms with Crippen LogP contribution in [-0.4, -0.2) is 23.8 Å². The van der Waals surface area contributed by atoms with E-state index in [1.54, 1.807) is 43.5 Å². The first-order valence-electron chi connectivity index (χ1n) is 11.1. The number of hydrogen-bond acceptors (Lipinski definition) is 6. The lowest BCUT2D eigenvalue weighted by Crippen LogP contribution is -2.26. The van der Waals surface area contributed by atoms with Crippen molar-refractivity contribution in [3.05, 3.63) is 105 Å². The third-order valence-electron chi connectivity index (χ3n) is 6.33. The molecule has 0 aliphatic carbocycles. The van der Waals surface area contributed by atoms with Crippen molar-refractivity contribution >= 4 is 28.7 Å². The molecule has 0 spiro atoms. The molecule has 0 amide bonds. The molecule has 172 valence electrons. The van der Waals surface area contributed by atoms with Gasteiger partial charge in [0.1, 0.15) is 17.2 Å². The number of Topliss-reactive ketones (excluding diaryl/α,β-unsaturated/α-hetero) is 1. The number of benzene rings is 3. The van der Waals surface area contributed by atoms with Crippen molar-refractivity contribution in [3.8, 4) is 17.2 Å². The lowest BCUT2D eigenvalue weighted by atomic mass is 9.85. The quantitative estimate of drug-likeness (QED) is 0.270. The summed E-state index contributed by atoms with van der Waals surface area (Å²) < 4.78 is 16.8. The summed E-state index contributed by atoms with van der Waals surface area (Å²) >= 11 is 0. The van der Waals surface area contributed by atoms with E-state index < -0.39 is 11.9 Å². The highest BCUT2D eigenvalue weighted by Crippen LogP contribution is 2.48. The Bertz CT molecular complexity index is 1620. The topological polar surface area (TPSA) is 94.7 Å². The Morgan fingerprint density at radius 1 is 0.971 bits per heavy atom. The van der Waals surface area contributed by atoms with Crippen LogP contribution in [0.15, 0.2) is 77.3 Å². The molecule has 6 rings (SSSR count). The van der Waals surface area contributed by atoms with Crippen LogP contribution >= 0.6 is 0 Å². The van der Waals surface area contributed by atoms with Crippen LogP contribution in [0.5, 0.6) is 17.2 Å². The van der Waals surface area contributed by atoms with Crippen molar-refractivity contribution in [1.82, 2.24) is 4.98 Å². The van der Waals surface area contributed by atoms with Crippen LogP contribution < -0.4 is 19.8 Å². The molecule has 1 N–H and O–H groups in total. The van der Waals surface area contributed by atoms with Gasteiger partial charge in [-0.2, -0.15) is 0 Å². The zero-order chi connectivity index (χ0) is 24.1. The SMILES string of the molecule is COc1ccc2cc([C@H]3CC(=O)Oc4ccc5c(c43)O/C(=C/c3ccccc3)C5=O)c(=O)[nH]c2c1. The molecule has 0 fully saturated rings. The molecule has 7 heteroatoms. The van der Waals surface area contributed by atoms with Crippen molar-refractivity contribution in [2.75, 3.05) is 7.11 Å². The fourth-order valence-corrected chi connectivity index (χ4v) is 4.66. The number of ether oxygens (including phenoxy) is 3. The number of aromatic amines is 1. The maximum absolute atomic E-state index is 13.2. The van der Waals surface area contributed by atoms with Crippen LogP contribution in [0.1, 0.15) is 39.4 Å². The molecule has 0 radical (unpaired) electrons. The second-order valence-corrected chi connectivity index (χ2v) is 8.44. The van der Waals surface area contributed by atoms with Crippen LogP contribution in [-0.2, 0) is 4.79 Å². The van der Waals surface area contributed by atoms with Gasteiger partial charge >= 0.3 is 5.97 Å². The van der Waals surface area contributed by atoms with E-state index in [0.29, 0.717) is 33.7 Å². The summed E-state index contributed by atoms with van der Waals surface area (Å²) in [5, 5.41) is 0.787. The third kappa shape index (κ3) is 3.49. The maximum Gasteiger partial charge on any atom is 0.312 e. The average molecular weight is 465 g/mol. The molecule has 1 aromatic heterocycles. The number of allylic oxidation sites excluding steroid dienone is 1. The Balaban J connectivity index is 1.50. The molecule has 7 nitrogen and oxygen atoms in total. The Kier molecular flexibility index (Phi) is 4.77. The number of carbonyl (C=O) groups is 2. The number of fused-ring (bicyclic) bond motifs is 4. The van der Waals surface area contributed by atoms with Crippen LogP contribution in [0.3, 0.4) is 0 Å². The minimum absolute atomic E-state index is 0.0521. The minimum atomic E-state index is -0.639. The zero-order valence-corrected chi connectivity index (χ0v) is 18.7. The van der Waals surface area contributed by atoms with E-state index in [9.17, 15) is 14.4 Å². The molecule has 3 heterocycles. The van der Waals surface area contributed by atoms with Crippen LogP contribution in [0.25, 0.3) is 17.0 Å². The maximum atomic E-state index is 13.2. The van der Waals surface area contributed by atoms with Crippen molar-refractivity contribution in [1.29, 1.82) is 0 Å². The fraction of sp³-hybridized carbons (Fsp3) is 0.107. The summed E-state index contributed by atoms with van der Waals surface area (Å²) in [5.74, 6) is 0.0438. The van der Waals surface area contributed by atoms with Gasteiger partial charge in [0.15, 0.2) is 5.76 Å². The lowest BCUT2D eigenvalue weighted by Gasteiger charge is -2.26. The largest absolute Gasteiger partial charge is 0.497 e. The van der Waals surface area contributed by atoms with E-state index >= 15 is 0 Å². The van der Waals surface area contributed by atoms with Gasteiger partial charge in [0, 0.05) is 23.1 Å². The van der Waals surface area contributed by atoms with E-state index in [4.69, 9.17) is 14.2 Å². The lowest BCUT2D eigenvalue weighted by molar-refractivity contribution is -0.135. The van der Waals surface area contributed by atoms with Gasteiger partial charge in [0.25, 0.3) is 5.56 Å². The van der Waals surface area contributed by atoms with Crippen molar-refractivity contribution in [3.63, 3.8) is 0 Å². The smallest absolute Gasteiger partial charge is 0.312 e. The number of aromatic nitrogens is 1. The summed E-state index contributed by atoms with van der Waals surface area (Å²) in [4.78, 5) is 41.6. The molecular formula is C28H19NO6. The number of esters is 1. The average Bonchev–Trinajstić information content (AvgIpc) is 3.18. The first kappa shape index (κ1) is 20.9. The fourth-order valence-electron chi connectivity index (χ4n) is 4.66. The van der Waals surface area contributed by atoms with Crippen LogP contribution in [0.4, 0.5) is 0 Å². The molecular weight excluding hydrogens is 446 g/mol. The summed E-state index contributed by atoms with van der Waals surface area (Å²) in [6.45, 7) is 0. The number of ketones is 1. The molecule has 0 saturated carbocycles. The molecule has 4 aromatic rings. The second kappa shape index (κ2) is 7.99. The van der Waals surface area contributed by atoms with E-state index in [2.05, 4.69) is 4.98 Å². The monoisotopic (exact) mass is 465 g/mol. The molecule has 2 aliphatic rings. The van der Waals surface area contributed by atoms with Crippen LogP contribution in [0, 0.1) is 0 Å². The Morgan fingerprint density at radius 3 is 2.60 bits per heavy atom. The number of pyridine rings is 1. The summed E-state index contributed by atoms with van der Waals surface area (Å²) in [5.41, 5.74) is 2.39. The zero-order valence-electron chi connectivity index (χ0n) is 18.7. The second-order valence-electron chi connectivity index (χ2n) is 8.44. The van der Waals surface area contributed by atoms with E-state index in [1.807, 2.05) is 36.4 Å². The van der Waals surface area contributed by atoms with Gasteiger partial charge in [-0.1, -0.05) is 30.3 Å². The predicted octanol–water partition coefficient (Wildman–Crippen LogP) is 4.59. The first-order chi connectivity index (χ1) is 17.0. The van der Waals surface area contributed by atoms with Crippen molar-refractivity contribution in [2.24, 2.45) is 0 Å². The molecule has 1 atom stereocenters. The summed E-state index contributed by atoms with van der Waals surface area (Å²) in [6.07, 6.45) is 1.62. The highest BCUT2D eigenvalue weighted by Gasteiger charge is 2.39. The van der Waals surface area contributed by atoms with Crippen molar-refractivity contribution < 1.29 is 23.8 Å². The Labute approximate surface area is 199 Å². The Morgan fingerprint density at radius 2 is 1.80 bits per heavy atom. The highest BCUT2D eigenvalue weighted by atomic mass is 16.5. The number of nitrogens with one attached hydrogen (secondary N) is 1. The van der Waals surface area contributed by atoms with Gasteiger partial charge in [-0.05, 0) is 47.4 Å². The summed E-state index contributed by atoms with van der Waals surface area (Å²) in [6, 6.07) is 19.7. The Hall–Kier alpha value is -4.65. The number of H-pyrrole nitrogens is 1. The number of rotatable bonds is 3. The van der Waals surface area contributed by atoms with Gasteiger partial charge in [-0.3, -0.25) is 14.4 Å². The highest BCUT2D eigenvalue weighted by molar-refractivity contribution is 6.15. The predicted molar refractivity (Wildman–Crippen MR) is 129 cm³/mol. The van der Waals surface area contributed by atoms with Crippen molar-refractivity contribution in [2.45, 2.75) is 12.3 Å². The van der Waals surface area contributed by atoms with Gasteiger partial charge in [-0.25, -0.2) is 0 Å². The normalized spacial score (nSPS) is 17.6. The minimum Gasteiger partial charge on any atom is -0.497 e. The van der Waals surface area contributed by atoms with E-state index in [-0.39, 0.29) is 29.3 Å². The van der Waals surface area contributed by atoms with Gasteiger partial charge in [0.2, 0.25) is 5.78 Å². The molecule has 0 saturated heterocycles. The molecule has 0 unspecified atom stereocenters. The molecule has 2 aliphatic heterocycles.